The van der Waals surface area contributed by atoms with E-state index >= 15 is 0 Å². The summed E-state index contributed by atoms with van der Waals surface area (Å²) < 4.78 is 28.0. The van der Waals surface area contributed by atoms with E-state index in [4.69, 9.17) is 5.73 Å². The van der Waals surface area contributed by atoms with E-state index in [0.717, 1.165) is 5.56 Å². The van der Waals surface area contributed by atoms with E-state index in [1.807, 2.05) is 12.1 Å². The highest BCUT2D eigenvalue weighted by Gasteiger charge is 2.24. The maximum atomic E-state index is 12.6. The number of anilines is 1. The van der Waals surface area contributed by atoms with Gasteiger partial charge in [0.1, 0.15) is 4.90 Å². The van der Waals surface area contributed by atoms with Gasteiger partial charge in [-0.1, -0.05) is 12.1 Å². The van der Waals surface area contributed by atoms with E-state index in [1.165, 1.54) is 21.4 Å². The quantitative estimate of drug-likeness (QED) is 0.895. The van der Waals surface area contributed by atoms with Crippen molar-refractivity contribution in [2.75, 3.05) is 10.8 Å². The molecule has 1 aromatic heterocycles. The molecule has 0 aliphatic heterocycles. The van der Waals surface area contributed by atoms with Gasteiger partial charge >= 0.3 is 0 Å². The fourth-order valence-corrected chi connectivity index (χ4v) is 3.41. The van der Waals surface area contributed by atoms with Crippen LogP contribution in [-0.2, 0) is 23.6 Å². The van der Waals surface area contributed by atoms with Gasteiger partial charge in [0.05, 0.1) is 11.9 Å². The molecule has 0 saturated carbocycles. The van der Waals surface area contributed by atoms with Crippen molar-refractivity contribution in [3.8, 4) is 0 Å². The average Bonchev–Trinajstić information content (AvgIpc) is 2.87. The molecular formula is C13H18N4O2S. The molecule has 0 aliphatic rings. The van der Waals surface area contributed by atoms with Gasteiger partial charge in [0.2, 0.25) is 0 Å². The lowest BCUT2D eigenvalue weighted by molar-refractivity contribution is 0.591. The lowest BCUT2D eigenvalue weighted by Gasteiger charge is -2.22. The first-order valence-electron chi connectivity index (χ1n) is 6.29. The van der Waals surface area contributed by atoms with Gasteiger partial charge in [-0.05, 0) is 24.6 Å². The summed E-state index contributed by atoms with van der Waals surface area (Å²) in [4.78, 5) is 0.185. The molecule has 6 nitrogen and oxygen atoms in total. The smallest absolute Gasteiger partial charge is 0.267 e. The summed E-state index contributed by atoms with van der Waals surface area (Å²) in [7, 11) is -1.90. The molecule has 0 amide bonds. The predicted molar refractivity (Wildman–Crippen MR) is 77.7 cm³/mol. The van der Waals surface area contributed by atoms with Crippen molar-refractivity contribution < 1.29 is 8.42 Å². The molecule has 0 bridgehead atoms. The maximum absolute atomic E-state index is 12.6. The second-order valence-electron chi connectivity index (χ2n) is 4.39. The summed E-state index contributed by atoms with van der Waals surface area (Å²) in [6, 6.07) is 7.19. The summed E-state index contributed by atoms with van der Waals surface area (Å²) in [6.45, 7) is 2.58. The molecule has 2 rings (SSSR count). The van der Waals surface area contributed by atoms with Crippen molar-refractivity contribution in [2.24, 2.45) is 12.8 Å². The number of aromatic nitrogens is 2. The molecule has 20 heavy (non-hydrogen) atoms. The van der Waals surface area contributed by atoms with Crippen LogP contribution >= 0.6 is 0 Å². The Labute approximate surface area is 118 Å². The Morgan fingerprint density at radius 1 is 1.30 bits per heavy atom. The van der Waals surface area contributed by atoms with Crippen LogP contribution in [0.5, 0.6) is 0 Å². The number of nitrogens with zero attached hydrogens (tertiary/aromatic N) is 3. The molecule has 2 N–H and O–H groups in total. The highest BCUT2D eigenvalue weighted by Crippen LogP contribution is 2.23. The Morgan fingerprint density at radius 3 is 2.40 bits per heavy atom. The summed E-state index contributed by atoms with van der Waals surface area (Å²) in [6.07, 6.45) is 2.85. The Morgan fingerprint density at radius 2 is 1.95 bits per heavy atom. The van der Waals surface area contributed by atoms with Crippen molar-refractivity contribution >= 4 is 15.7 Å². The molecule has 0 saturated heterocycles. The van der Waals surface area contributed by atoms with Crippen molar-refractivity contribution in [3.63, 3.8) is 0 Å². The molecule has 1 heterocycles. The Bertz CT molecular complexity index is 677. The van der Waals surface area contributed by atoms with E-state index in [0.29, 0.717) is 18.8 Å². The minimum atomic E-state index is -3.58. The highest BCUT2D eigenvalue weighted by atomic mass is 32.2. The van der Waals surface area contributed by atoms with Crippen LogP contribution in [0.15, 0.2) is 41.6 Å². The first kappa shape index (κ1) is 14.5. The minimum Gasteiger partial charge on any atom is -0.326 e. The van der Waals surface area contributed by atoms with Crippen LogP contribution < -0.4 is 10.0 Å². The van der Waals surface area contributed by atoms with E-state index in [9.17, 15) is 8.42 Å². The number of hydrogen-bond donors (Lipinski definition) is 1. The third-order valence-corrected chi connectivity index (χ3v) is 4.87. The van der Waals surface area contributed by atoms with Crippen LogP contribution in [0.3, 0.4) is 0 Å². The zero-order valence-corrected chi connectivity index (χ0v) is 12.3. The third kappa shape index (κ3) is 2.68. The number of benzene rings is 1. The molecule has 108 valence electrons. The molecular weight excluding hydrogens is 276 g/mol. The van der Waals surface area contributed by atoms with Gasteiger partial charge in [0, 0.05) is 26.3 Å². The number of aryl methyl sites for hydroxylation is 1. The zero-order chi connectivity index (χ0) is 14.8. The molecule has 0 radical (unpaired) electrons. The molecule has 0 aliphatic carbocycles. The SMILES string of the molecule is CCN(c1ccc(CN)cc1)S(=O)(=O)c1cnn(C)c1. The van der Waals surface area contributed by atoms with Gasteiger partial charge < -0.3 is 5.73 Å². The molecule has 0 atom stereocenters. The molecule has 0 spiro atoms. The highest BCUT2D eigenvalue weighted by molar-refractivity contribution is 7.92. The van der Waals surface area contributed by atoms with Gasteiger partial charge in [-0.2, -0.15) is 5.10 Å². The standard InChI is InChI=1S/C13H18N4O2S/c1-3-17(12-6-4-11(8-14)5-7-12)20(18,19)13-9-15-16(2)10-13/h4-7,9-10H,3,8,14H2,1-2H3. The number of sulfonamides is 1. The van der Waals surface area contributed by atoms with Gasteiger partial charge in [-0.15, -0.1) is 0 Å². The van der Waals surface area contributed by atoms with Crippen LogP contribution in [0.4, 0.5) is 5.69 Å². The summed E-state index contributed by atoms with van der Waals surface area (Å²) in [5.41, 5.74) is 7.13. The minimum absolute atomic E-state index is 0.185. The van der Waals surface area contributed by atoms with Crippen molar-refractivity contribution in [1.29, 1.82) is 0 Å². The molecule has 2 aromatic rings. The van der Waals surface area contributed by atoms with Crippen LogP contribution in [0.25, 0.3) is 0 Å². The molecule has 7 heteroatoms. The Balaban J connectivity index is 2.40. The fourth-order valence-electron chi connectivity index (χ4n) is 1.95. The van der Waals surface area contributed by atoms with Crippen LogP contribution in [0.2, 0.25) is 0 Å². The van der Waals surface area contributed by atoms with Crippen molar-refractivity contribution in [2.45, 2.75) is 18.4 Å². The number of nitrogens with two attached hydrogens (primary N) is 1. The van der Waals surface area contributed by atoms with E-state index < -0.39 is 10.0 Å². The van der Waals surface area contributed by atoms with Gasteiger partial charge in [0.15, 0.2) is 0 Å². The summed E-state index contributed by atoms with van der Waals surface area (Å²) >= 11 is 0. The Kier molecular flexibility index (Phi) is 4.10. The van der Waals surface area contributed by atoms with E-state index in [1.54, 1.807) is 26.1 Å². The van der Waals surface area contributed by atoms with Crippen LogP contribution in [0, 0.1) is 0 Å². The second kappa shape index (κ2) is 5.64. The average molecular weight is 294 g/mol. The first-order valence-corrected chi connectivity index (χ1v) is 7.73. The van der Waals surface area contributed by atoms with Crippen LogP contribution in [0.1, 0.15) is 12.5 Å². The van der Waals surface area contributed by atoms with Crippen LogP contribution in [-0.4, -0.2) is 24.7 Å². The maximum Gasteiger partial charge on any atom is 0.267 e. The molecule has 0 fully saturated rings. The molecule has 1 aromatic carbocycles. The fraction of sp³-hybridized carbons (Fsp3) is 0.308. The lowest BCUT2D eigenvalue weighted by atomic mass is 10.2. The lowest BCUT2D eigenvalue weighted by Crippen LogP contribution is -2.30. The second-order valence-corrected chi connectivity index (χ2v) is 6.25. The monoisotopic (exact) mass is 294 g/mol. The Hall–Kier alpha value is -1.86. The normalized spacial score (nSPS) is 11.6. The third-order valence-electron chi connectivity index (χ3n) is 3.02. The topological polar surface area (TPSA) is 81.2 Å². The summed E-state index contributed by atoms with van der Waals surface area (Å²) in [5, 5.41) is 3.91. The number of rotatable bonds is 5. The largest absolute Gasteiger partial charge is 0.326 e. The zero-order valence-electron chi connectivity index (χ0n) is 11.5. The van der Waals surface area contributed by atoms with Crippen molar-refractivity contribution in [3.05, 3.63) is 42.2 Å². The van der Waals surface area contributed by atoms with E-state index in [-0.39, 0.29) is 4.90 Å². The molecule has 0 unspecified atom stereocenters. The summed E-state index contributed by atoms with van der Waals surface area (Å²) in [5.74, 6) is 0. The van der Waals surface area contributed by atoms with Gasteiger partial charge in [0.25, 0.3) is 10.0 Å². The van der Waals surface area contributed by atoms with Gasteiger partial charge in [-0.3, -0.25) is 8.99 Å². The predicted octanol–water partition coefficient (Wildman–Crippen LogP) is 1.09. The van der Waals surface area contributed by atoms with Crippen molar-refractivity contribution in [1.82, 2.24) is 9.78 Å². The van der Waals surface area contributed by atoms with Gasteiger partial charge in [-0.25, -0.2) is 8.42 Å². The van der Waals surface area contributed by atoms with E-state index in [2.05, 4.69) is 5.10 Å². The number of hydrogen-bond acceptors (Lipinski definition) is 4. The first-order chi connectivity index (χ1) is 9.48.